The van der Waals surface area contributed by atoms with Crippen molar-refractivity contribution >= 4 is 49.3 Å². The minimum Gasteiger partial charge on any atom is -0.357 e. The van der Waals surface area contributed by atoms with Crippen LogP contribution in [0, 0.1) is 0 Å². The maximum atomic E-state index is 12.5. The molecule has 9 heteroatoms. The highest BCUT2D eigenvalue weighted by Crippen LogP contribution is 2.25. The van der Waals surface area contributed by atoms with Gasteiger partial charge in [0.2, 0.25) is 5.91 Å². The van der Waals surface area contributed by atoms with Crippen molar-refractivity contribution in [1.29, 1.82) is 0 Å². The second-order valence-electron chi connectivity index (χ2n) is 5.03. The van der Waals surface area contributed by atoms with E-state index in [4.69, 9.17) is 0 Å². The van der Waals surface area contributed by atoms with Crippen LogP contribution in [0.2, 0.25) is 0 Å². The Morgan fingerprint density at radius 1 is 1.42 bits per heavy atom. The Hall–Kier alpha value is -2.26. The van der Waals surface area contributed by atoms with Crippen LogP contribution in [0.1, 0.15) is 9.80 Å². The first kappa shape index (κ1) is 16.6. The first-order valence-electron chi connectivity index (χ1n) is 7.11. The van der Waals surface area contributed by atoms with Gasteiger partial charge in [0.1, 0.15) is 6.04 Å². The third-order valence-electron chi connectivity index (χ3n) is 3.37. The number of fused-ring (bicyclic) bond motifs is 1. The third-order valence-corrected chi connectivity index (χ3v) is 4.88. The summed E-state index contributed by atoms with van der Waals surface area (Å²) in [4.78, 5) is 32.8. The predicted octanol–water partition coefficient (Wildman–Crippen LogP) is 1.80. The molecule has 3 rings (SSSR count). The molecule has 0 unspecified atom stereocenters. The topological polar surface area (TPSA) is 88.9 Å². The van der Waals surface area contributed by atoms with Crippen molar-refractivity contribution in [3.63, 3.8) is 0 Å². The van der Waals surface area contributed by atoms with E-state index in [1.807, 2.05) is 18.2 Å². The van der Waals surface area contributed by atoms with Crippen molar-refractivity contribution in [2.75, 3.05) is 7.05 Å². The lowest BCUT2D eigenvalue weighted by atomic mass is 10.2. The molecule has 0 aliphatic heterocycles. The highest BCUT2D eigenvalue weighted by Gasteiger charge is 2.22. The highest BCUT2D eigenvalue weighted by atomic mass is 79.9. The van der Waals surface area contributed by atoms with Crippen molar-refractivity contribution in [2.45, 2.75) is 12.6 Å². The number of rotatable bonds is 5. The number of nitrogens with one attached hydrogen (secondary N) is 2. The summed E-state index contributed by atoms with van der Waals surface area (Å²) >= 11 is 4.68. The van der Waals surface area contributed by atoms with Gasteiger partial charge in [-0.2, -0.15) is 0 Å². The molecule has 24 heavy (non-hydrogen) atoms. The molecule has 0 saturated carbocycles. The summed E-state index contributed by atoms with van der Waals surface area (Å²) < 4.78 is 3.56. The molecule has 0 bridgehead atoms. The zero-order valence-electron chi connectivity index (χ0n) is 12.7. The Bertz CT molecular complexity index is 877. The molecule has 0 fully saturated rings. The van der Waals surface area contributed by atoms with Crippen LogP contribution in [-0.2, 0) is 11.3 Å². The number of nitrogens with zero attached hydrogens (tertiary/aromatic N) is 3. The van der Waals surface area contributed by atoms with Gasteiger partial charge in [0.25, 0.3) is 5.91 Å². The second-order valence-corrected chi connectivity index (χ2v) is 6.98. The number of halogens is 1. The van der Waals surface area contributed by atoms with Crippen LogP contribution >= 0.6 is 27.3 Å². The molecule has 2 N–H and O–H groups in total. The Morgan fingerprint density at radius 2 is 2.25 bits per heavy atom. The Balaban J connectivity index is 1.79. The number of aromatic nitrogens is 3. The minimum absolute atomic E-state index is 0.277. The van der Waals surface area contributed by atoms with Crippen LogP contribution in [0.25, 0.3) is 10.2 Å². The van der Waals surface area contributed by atoms with Crippen LogP contribution in [-0.4, -0.2) is 39.4 Å². The number of imidazole rings is 1. The quantitative estimate of drug-likeness (QED) is 0.674. The lowest BCUT2D eigenvalue weighted by Crippen LogP contribution is -2.48. The van der Waals surface area contributed by atoms with Crippen LogP contribution < -0.4 is 10.6 Å². The first-order chi connectivity index (χ1) is 11.6. The van der Waals surface area contributed by atoms with Gasteiger partial charge >= 0.3 is 0 Å². The van der Waals surface area contributed by atoms with Crippen molar-refractivity contribution < 1.29 is 9.59 Å². The van der Waals surface area contributed by atoms with E-state index in [-0.39, 0.29) is 11.8 Å². The lowest BCUT2D eigenvalue weighted by molar-refractivity contribution is -0.122. The molecule has 7 nitrogen and oxygen atoms in total. The number of carbonyl (C=O) groups is 2. The standard InChI is InChI=1S/C15H14BrN5O2S/c1-17-13(22)11(7-21-5-4-18-8-21)19-14(23)15-20-10-3-2-9(16)6-12(10)24-15/h2-6,8,11H,7H2,1H3,(H,17,22)(H,19,23)/t11-/m0/s1. The van der Waals surface area contributed by atoms with Crippen LogP contribution in [0.4, 0.5) is 0 Å². The Morgan fingerprint density at radius 3 is 2.96 bits per heavy atom. The molecule has 124 valence electrons. The van der Waals surface area contributed by atoms with Crippen molar-refractivity contribution in [3.8, 4) is 0 Å². The molecule has 0 radical (unpaired) electrons. The number of benzene rings is 1. The van der Waals surface area contributed by atoms with Crippen molar-refractivity contribution in [3.05, 3.63) is 46.4 Å². The minimum atomic E-state index is -0.713. The number of amides is 2. The van der Waals surface area contributed by atoms with Gasteiger partial charge in [0.15, 0.2) is 5.01 Å². The molecule has 0 aliphatic carbocycles. The number of likely N-dealkylation sites (N-methyl/N-ethyl adjacent to an activating group) is 1. The average Bonchev–Trinajstić information content (AvgIpc) is 3.22. The van der Waals surface area contributed by atoms with Crippen molar-refractivity contribution in [2.24, 2.45) is 0 Å². The zero-order chi connectivity index (χ0) is 17.1. The summed E-state index contributed by atoms with van der Waals surface area (Å²) in [6, 6.07) is 4.91. The second kappa shape index (κ2) is 7.10. The van der Waals surface area contributed by atoms with Gasteiger partial charge in [-0.25, -0.2) is 9.97 Å². The molecule has 3 aromatic rings. The zero-order valence-corrected chi connectivity index (χ0v) is 15.1. The van der Waals surface area contributed by atoms with Gasteiger partial charge in [0.05, 0.1) is 23.1 Å². The molecule has 2 heterocycles. The largest absolute Gasteiger partial charge is 0.357 e. The van der Waals surface area contributed by atoms with Crippen LogP contribution in [0.3, 0.4) is 0 Å². The summed E-state index contributed by atoms with van der Waals surface area (Å²) in [6.45, 7) is 0.294. The number of carbonyl (C=O) groups excluding carboxylic acids is 2. The molecule has 2 amide bonds. The van der Waals surface area contributed by atoms with Crippen LogP contribution in [0.5, 0.6) is 0 Å². The smallest absolute Gasteiger partial charge is 0.281 e. The lowest BCUT2D eigenvalue weighted by Gasteiger charge is -2.16. The molecule has 0 saturated heterocycles. The van der Waals surface area contributed by atoms with Crippen LogP contribution in [0.15, 0.2) is 41.4 Å². The van der Waals surface area contributed by atoms with E-state index in [9.17, 15) is 9.59 Å². The van der Waals surface area contributed by atoms with Gasteiger partial charge in [-0.1, -0.05) is 15.9 Å². The summed E-state index contributed by atoms with van der Waals surface area (Å²) in [5, 5.41) is 5.61. The van der Waals surface area contributed by atoms with Gasteiger partial charge in [-0.3, -0.25) is 9.59 Å². The fraction of sp³-hybridized carbons (Fsp3) is 0.200. The summed E-state index contributed by atoms with van der Waals surface area (Å²) in [6.07, 6.45) is 4.95. The first-order valence-corrected chi connectivity index (χ1v) is 8.72. The molecular formula is C15H14BrN5O2S. The predicted molar refractivity (Wildman–Crippen MR) is 94.9 cm³/mol. The van der Waals surface area contributed by atoms with E-state index >= 15 is 0 Å². The maximum Gasteiger partial charge on any atom is 0.281 e. The van der Waals surface area contributed by atoms with E-state index in [1.165, 1.54) is 18.4 Å². The number of hydrogen-bond donors (Lipinski definition) is 2. The Labute approximate surface area is 150 Å². The fourth-order valence-corrected chi connectivity index (χ4v) is 3.61. The Kier molecular flexibility index (Phi) is 4.91. The van der Waals surface area contributed by atoms with Gasteiger partial charge in [-0.05, 0) is 18.2 Å². The molecular weight excluding hydrogens is 394 g/mol. The monoisotopic (exact) mass is 407 g/mol. The summed E-state index contributed by atoms with van der Waals surface area (Å²) in [5.74, 6) is -0.651. The maximum absolute atomic E-state index is 12.5. The summed E-state index contributed by atoms with van der Waals surface area (Å²) in [7, 11) is 1.53. The molecule has 1 aromatic carbocycles. The number of thiazole rings is 1. The number of hydrogen-bond acceptors (Lipinski definition) is 5. The third kappa shape index (κ3) is 3.62. The normalized spacial score (nSPS) is 12.1. The molecule has 1 atom stereocenters. The van der Waals surface area contributed by atoms with E-state index in [0.29, 0.717) is 11.6 Å². The summed E-state index contributed by atoms with van der Waals surface area (Å²) in [5.41, 5.74) is 0.749. The average molecular weight is 408 g/mol. The molecule has 2 aromatic heterocycles. The molecule has 0 spiro atoms. The van der Waals surface area contributed by atoms with Gasteiger partial charge < -0.3 is 15.2 Å². The molecule has 0 aliphatic rings. The van der Waals surface area contributed by atoms with Gasteiger partial charge in [0, 0.05) is 23.9 Å². The van der Waals surface area contributed by atoms with Crippen molar-refractivity contribution in [1.82, 2.24) is 25.2 Å². The van der Waals surface area contributed by atoms with E-state index in [0.717, 1.165) is 14.7 Å². The van der Waals surface area contributed by atoms with Gasteiger partial charge in [-0.15, -0.1) is 11.3 Å². The van der Waals surface area contributed by atoms with E-state index in [2.05, 4.69) is 36.5 Å². The SMILES string of the molecule is CNC(=O)[C@H](Cn1ccnc1)NC(=O)c1nc2ccc(Br)cc2s1. The fourth-order valence-electron chi connectivity index (χ4n) is 2.19. The van der Waals surface area contributed by atoms with E-state index in [1.54, 1.807) is 23.3 Å². The van der Waals surface area contributed by atoms with E-state index < -0.39 is 6.04 Å². The highest BCUT2D eigenvalue weighted by molar-refractivity contribution is 9.10.